The summed E-state index contributed by atoms with van der Waals surface area (Å²) in [6.07, 6.45) is 5.22. The van der Waals surface area contributed by atoms with Crippen LogP contribution in [0, 0.1) is 0 Å². The van der Waals surface area contributed by atoms with Crippen LogP contribution in [0.4, 0.5) is 16.3 Å². The summed E-state index contributed by atoms with van der Waals surface area (Å²) in [5.41, 5.74) is 3.28. The number of nitrogens with zero attached hydrogens (tertiary/aromatic N) is 4. The molecule has 3 N–H and O–H groups in total. The normalized spacial score (nSPS) is 14.4. The van der Waals surface area contributed by atoms with Gasteiger partial charge in [0.05, 0.1) is 16.7 Å². The largest absolute Gasteiger partial charge is 0.476 e. The molecule has 4 heterocycles. The van der Waals surface area contributed by atoms with Gasteiger partial charge < -0.3 is 24.6 Å². The number of aromatic nitrogens is 4. The van der Waals surface area contributed by atoms with Crippen molar-refractivity contribution in [3.8, 4) is 17.1 Å². The van der Waals surface area contributed by atoms with Gasteiger partial charge in [-0.1, -0.05) is 49.4 Å². The third kappa shape index (κ3) is 6.25. The molecule has 11 nitrogen and oxygen atoms in total. The number of fused-ring (bicyclic) bond motifs is 3. The summed E-state index contributed by atoms with van der Waals surface area (Å²) < 4.78 is 18.6. The van der Waals surface area contributed by atoms with Crippen molar-refractivity contribution in [1.82, 2.24) is 24.8 Å². The summed E-state index contributed by atoms with van der Waals surface area (Å²) in [5.74, 6) is 1.69. The highest BCUT2D eigenvalue weighted by atomic mass is 32.1. The van der Waals surface area contributed by atoms with Crippen LogP contribution in [0.25, 0.3) is 26.6 Å². The lowest BCUT2D eigenvalue weighted by molar-refractivity contribution is 0.188. The molecular formula is C30H35N7O4S. The molecule has 0 aliphatic heterocycles. The lowest BCUT2D eigenvalue weighted by atomic mass is 9.93. The van der Waals surface area contributed by atoms with E-state index in [1.54, 1.807) is 13.2 Å². The number of imidazole rings is 1. The summed E-state index contributed by atoms with van der Waals surface area (Å²) in [6.45, 7) is 8.34. The van der Waals surface area contributed by atoms with Crippen LogP contribution >= 0.6 is 11.3 Å². The van der Waals surface area contributed by atoms with Crippen LogP contribution in [0.3, 0.4) is 0 Å². The summed E-state index contributed by atoms with van der Waals surface area (Å²) in [6, 6.07) is 12.8. The molecule has 6 rings (SSSR count). The number of rotatable bonds is 11. The second-order valence-corrected chi connectivity index (χ2v) is 12.6. The fourth-order valence-electron chi connectivity index (χ4n) is 4.58. The van der Waals surface area contributed by atoms with Gasteiger partial charge in [0.2, 0.25) is 5.88 Å². The van der Waals surface area contributed by atoms with Crippen molar-refractivity contribution in [2.75, 3.05) is 37.5 Å². The standard InChI is InChI=1S/C30H35N7O4S/c1-29(2,3)23-16-24(36-41-23)34-27(38)32-20-8-6-19(7-9-20)21-17-37-22-10-11-25(35-26(22)42-28(37)33-21)40-18-30(12-13-30)31-14-5-15-39-4/h6-11,16-17,31H,5,12-15,18H2,1-4H3,(H2,32,34,36,38). The average Bonchev–Trinajstić information content (AvgIpc) is 3.24. The van der Waals surface area contributed by atoms with Crippen molar-refractivity contribution in [3.63, 3.8) is 0 Å². The van der Waals surface area contributed by atoms with Gasteiger partial charge in [0.25, 0.3) is 0 Å². The number of hydrogen-bond acceptors (Lipinski definition) is 9. The van der Waals surface area contributed by atoms with Crippen LogP contribution in [0.15, 0.2) is 53.2 Å². The van der Waals surface area contributed by atoms with Gasteiger partial charge in [-0.15, -0.1) is 0 Å². The minimum atomic E-state index is -0.396. The van der Waals surface area contributed by atoms with E-state index >= 15 is 0 Å². The highest BCUT2D eigenvalue weighted by Crippen LogP contribution is 2.36. The van der Waals surface area contributed by atoms with E-state index in [1.807, 2.05) is 63.4 Å². The zero-order chi connectivity index (χ0) is 29.3. The minimum Gasteiger partial charge on any atom is -0.476 e. The molecule has 220 valence electrons. The van der Waals surface area contributed by atoms with Crippen LogP contribution in [-0.4, -0.2) is 58.0 Å². The number of pyridine rings is 1. The quantitative estimate of drug-likeness (QED) is 0.158. The highest BCUT2D eigenvalue weighted by molar-refractivity contribution is 7.23. The molecule has 42 heavy (non-hydrogen) atoms. The number of methoxy groups -OCH3 is 1. The number of amides is 2. The first-order chi connectivity index (χ1) is 20.2. The molecule has 2 amide bonds. The molecule has 4 aromatic heterocycles. The maximum absolute atomic E-state index is 12.4. The van der Waals surface area contributed by atoms with Gasteiger partial charge in [-0.05, 0) is 44.0 Å². The summed E-state index contributed by atoms with van der Waals surface area (Å²) >= 11 is 1.53. The van der Waals surface area contributed by atoms with Gasteiger partial charge >= 0.3 is 6.03 Å². The van der Waals surface area contributed by atoms with E-state index in [0.717, 1.165) is 59.0 Å². The van der Waals surface area contributed by atoms with Crippen LogP contribution in [0.5, 0.6) is 5.88 Å². The lowest BCUT2D eigenvalue weighted by Gasteiger charge is -2.17. The molecule has 1 saturated carbocycles. The Morgan fingerprint density at radius 1 is 1.12 bits per heavy atom. The maximum atomic E-state index is 12.4. The minimum absolute atomic E-state index is 0.0609. The molecule has 0 bridgehead atoms. The molecule has 0 saturated heterocycles. The number of thiazole rings is 1. The number of benzene rings is 1. The van der Waals surface area contributed by atoms with E-state index in [0.29, 0.717) is 29.8 Å². The Morgan fingerprint density at radius 3 is 2.64 bits per heavy atom. The van der Waals surface area contributed by atoms with Crippen molar-refractivity contribution >= 4 is 44.2 Å². The van der Waals surface area contributed by atoms with Gasteiger partial charge in [0.15, 0.2) is 10.8 Å². The molecule has 0 spiro atoms. The van der Waals surface area contributed by atoms with E-state index in [9.17, 15) is 4.79 Å². The molecule has 0 radical (unpaired) electrons. The van der Waals surface area contributed by atoms with Crippen molar-refractivity contribution in [1.29, 1.82) is 0 Å². The van der Waals surface area contributed by atoms with Crippen molar-refractivity contribution in [2.24, 2.45) is 0 Å². The fraction of sp³-hybridized carbons (Fsp3) is 0.400. The Kier molecular flexibility index (Phi) is 7.60. The molecule has 1 fully saturated rings. The SMILES string of the molecule is COCCCNC1(COc2ccc3c(n2)sc2nc(-c4ccc(NC(=O)Nc5cc(C(C)(C)C)on5)cc4)cn23)CC1. The lowest BCUT2D eigenvalue weighted by Crippen LogP contribution is -2.38. The number of urea groups is 1. The Hall–Kier alpha value is -4.00. The number of carbonyl (C=O) groups excluding carboxylic acids is 1. The molecule has 1 aliphatic rings. The third-order valence-electron chi connectivity index (χ3n) is 7.24. The van der Waals surface area contributed by atoms with Gasteiger partial charge in [-0.25, -0.2) is 14.8 Å². The molecule has 0 unspecified atom stereocenters. The highest BCUT2D eigenvalue weighted by Gasteiger charge is 2.43. The maximum Gasteiger partial charge on any atom is 0.324 e. The van der Waals surface area contributed by atoms with E-state index in [-0.39, 0.29) is 11.0 Å². The topological polar surface area (TPSA) is 128 Å². The molecule has 12 heteroatoms. The van der Waals surface area contributed by atoms with Crippen molar-refractivity contribution in [3.05, 3.63) is 54.4 Å². The van der Waals surface area contributed by atoms with Crippen LogP contribution < -0.4 is 20.7 Å². The summed E-state index contributed by atoms with van der Waals surface area (Å²) in [7, 11) is 1.73. The number of ether oxygens (including phenoxy) is 2. The Balaban J connectivity index is 1.07. The smallest absolute Gasteiger partial charge is 0.324 e. The fourth-order valence-corrected chi connectivity index (χ4v) is 5.56. The second-order valence-electron chi connectivity index (χ2n) is 11.7. The van der Waals surface area contributed by atoms with Crippen LogP contribution in [-0.2, 0) is 10.2 Å². The third-order valence-corrected chi connectivity index (χ3v) is 8.20. The van der Waals surface area contributed by atoms with Crippen molar-refractivity contribution < 1.29 is 18.8 Å². The van der Waals surface area contributed by atoms with Gasteiger partial charge in [0.1, 0.15) is 17.2 Å². The number of carbonyl (C=O) groups is 1. The summed E-state index contributed by atoms with van der Waals surface area (Å²) in [5, 5.41) is 13.1. The predicted octanol–water partition coefficient (Wildman–Crippen LogP) is 6.08. The molecule has 1 aliphatic carbocycles. The zero-order valence-corrected chi connectivity index (χ0v) is 25.0. The predicted molar refractivity (Wildman–Crippen MR) is 164 cm³/mol. The van der Waals surface area contributed by atoms with Gasteiger partial charge in [-0.3, -0.25) is 9.72 Å². The molecule has 1 aromatic carbocycles. The molecular weight excluding hydrogens is 554 g/mol. The van der Waals surface area contributed by atoms with E-state index in [4.69, 9.17) is 24.0 Å². The Bertz CT molecular complexity index is 1700. The molecule has 5 aromatic rings. The number of anilines is 2. The zero-order valence-electron chi connectivity index (χ0n) is 24.2. The Labute approximate surface area is 247 Å². The van der Waals surface area contributed by atoms with E-state index in [2.05, 4.69) is 25.5 Å². The van der Waals surface area contributed by atoms with Gasteiger partial charge in [0, 0.05) is 48.7 Å². The van der Waals surface area contributed by atoms with Crippen LogP contribution in [0.2, 0.25) is 0 Å². The number of hydrogen-bond donors (Lipinski definition) is 3. The van der Waals surface area contributed by atoms with Crippen molar-refractivity contribution in [2.45, 2.75) is 51.0 Å². The average molecular weight is 590 g/mol. The first-order valence-electron chi connectivity index (χ1n) is 14.0. The summed E-state index contributed by atoms with van der Waals surface area (Å²) in [4.78, 5) is 23.7. The first kappa shape index (κ1) is 28.1. The monoisotopic (exact) mass is 589 g/mol. The van der Waals surface area contributed by atoms with E-state index in [1.165, 1.54) is 11.3 Å². The number of nitrogens with one attached hydrogen (secondary N) is 3. The van der Waals surface area contributed by atoms with Crippen LogP contribution in [0.1, 0.15) is 45.8 Å². The Morgan fingerprint density at radius 2 is 1.93 bits per heavy atom. The van der Waals surface area contributed by atoms with Gasteiger partial charge in [-0.2, -0.15) is 0 Å². The van der Waals surface area contributed by atoms with E-state index < -0.39 is 6.03 Å². The molecule has 0 atom stereocenters. The second kappa shape index (κ2) is 11.3. The first-order valence-corrected chi connectivity index (χ1v) is 14.8.